The SMILES string of the molecule is CCOc1cccc(Oc2ccc([C@@H](C)N)cc2Cl)c1. The van der Waals surface area contributed by atoms with Crippen molar-refractivity contribution in [2.24, 2.45) is 5.73 Å². The number of hydrogen-bond acceptors (Lipinski definition) is 3. The van der Waals surface area contributed by atoms with E-state index in [1.54, 1.807) is 0 Å². The summed E-state index contributed by atoms with van der Waals surface area (Å²) in [4.78, 5) is 0. The quantitative estimate of drug-likeness (QED) is 0.879. The number of benzene rings is 2. The van der Waals surface area contributed by atoms with Gasteiger partial charge in [0, 0.05) is 12.1 Å². The van der Waals surface area contributed by atoms with E-state index in [0.29, 0.717) is 23.1 Å². The molecule has 0 spiro atoms. The molecular formula is C16H18ClNO2. The van der Waals surface area contributed by atoms with Crippen LogP contribution < -0.4 is 15.2 Å². The molecule has 0 aliphatic rings. The maximum absolute atomic E-state index is 6.21. The van der Waals surface area contributed by atoms with Crippen molar-refractivity contribution in [2.75, 3.05) is 6.61 Å². The van der Waals surface area contributed by atoms with Gasteiger partial charge < -0.3 is 15.2 Å². The molecule has 0 saturated carbocycles. The van der Waals surface area contributed by atoms with E-state index in [-0.39, 0.29) is 6.04 Å². The summed E-state index contributed by atoms with van der Waals surface area (Å²) in [7, 11) is 0. The molecular weight excluding hydrogens is 274 g/mol. The zero-order valence-corrected chi connectivity index (χ0v) is 12.4. The molecule has 1 atom stereocenters. The highest BCUT2D eigenvalue weighted by Gasteiger charge is 2.07. The summed E-state index contributed by atoms with van der Waals surface area (Å²) in [6.07, 6.45) is 0. The topological polar surface area (TPSA) is 44.5 Å². The maximum atomic E-state index is 6.21. The van der Waals surface area contributed by atoms with Gasteiger partial charge in [0.2, 0.25) is 0 Å². The van der Waals surface area contributed by atoms with E-state index in [2.05, 4.69) is 0 Å². The summed E-state index contributed by atoms with van der Waals surface area (Å²) < 4.78 is 11.2. The van der Waals surface area contributed by atoms with Crippen LogP contribution in [0.1, 0.15) is 25.5 Å². The van der Waals surface area contributed by atoms with E-state index >= 15 is 0 Å². The molecule has 0 bridgehead atoms. The van der Waals surface area contributed by atoms with Gasteiger partial charge in [0.1, 0.15) is 17.2 Å². The van der Waals surface area contributed by atoms with E-state index in [4.69, 9.17) is 26.8 Å². The molecule has 0 radical (unpaired) electrons. The second-order valence-electron chi connectivity index (χ2n) is 4.49. The Balaban J connectivity index is 2.19. The van der Waals surface area contributed by atoms with Crippen LogP contribution in [0.25, 0.3) is 0 Å². The summed E-state index contributed by atoms with van der Waals surface area (Å²) in [5.74, 6) is 2.06. The number of halogens is 1. The first kappa shape index (κ1) is 14.7. The van der Waals surface area contributed by atoms with Crippen molar-refractivity contribution in [2.45, 2.75) is 19.9 Å². The Labute approximate surface area is 124 Å². The molecule has 4 heteroatoms. The van der Waals surface area contributed by atoms with Crippen molar-refractivity contribution in [1.82, 2.24) is 0 Å². The Morgan fingerprint density at radius 3 is 2.55 bits per heavy atom. The smallest absolute Gasteiger partial charge is 0.146 e. The number of rotatable bonds is 5. The molecule has 0 amide bonds. The van der Waals surface area contributed by atoms with E-state index in [0.717, 1.165) is 11.3 Å². The van der Waals surface area contributed by atoms with Crippen LogP contribution in [0.15, 0.2) is 42.5 Å². The molecule has 0 heterocycles. The molecule has 2 rings (SSSR count). The third kappa shape index (κ3) is 3.65. The third-order valence-electron chi connectivity index (χ3n) is 2.83. The predicted molar refractivity (Wildman–Crippen MR) is 81.7 cm³/mol. The molecule has 2 aromatic rings. The van der Waals surface area contributed by atoms with Crippen LogP contribution in [0.2, 0.25) is 5.02 Å². The lowest BCUT2D eigenvalue weighted by atomic mass is 10.1. The lowest BCUT2D eigenvalue weighted by Gasteiger charge is -2.12. The Kier molecular flexibility index (Phi) is 4.88. The molecule has 0 aromatic heterocycles. The Hall–Kier alpha value is -1.71. The fourth-order valence-corrected chi connectivity index (χ4v) is 2.03. The molecule has 2 N–H and O–H groups in total. The van der Waals surface area contributed by atoms with Gasteiger partial charge in [0.25, 0.3) is 0 Å². The maximum Gasteiger partial charge on any atom is 0.146 e. The number of ether oxygens (including phenoxy) is 2. The van der Waals surface area contributed by atoms with Gasteiger partial charge in [-0.15, -0.1) is 0 Å². The number of nitrogens with two attached hydrogens (primary N) is 1. The van der Waals surface area contributed by atoms with Gasteiger partial charge in [-0.1, -0.05) is 23.7 Å². The first-order valence-corrected chi connectivity index (χ1v) is 6.93. The van der Waals surface area contributed by atoms with Crippen LogP contribution in [-0.4, -0.2) is 6.61 Å². The molecule has 0 saturated heterocycles. The van der Waals surface area contributed by atoms with Gasteiger partial charge in [-0.3, -0.25) is 0 Å². The molecule has 3 nitrogen and oxygen atoms in total. The van der Waals surface area contributed by atoms with Gasteiger partial charge in [-0.2, -0.15) is 0 Å². The van der Waals surface area contributed by atoms with Crippen LogP contribution in [0.4, 0.5) is 0 Å². The largest absolute Gasteiger partial charge is 0.494 e. The van der Waals surface area contributed by atoms with E-state index in [1.807, 2.05) is 56.3 Å². The van der Waals surface area contributed by atoms with Crippen molar-refractivity contribution < 1.29 is 9.47 Å². The zero-order valence-electron chi connectivity index (χ0n) is 11.6. The minimum Gasteiger partial charge on any atom is -0.494 e. The molecule has 0 aliphatic carbocycles. The second-order valence-corrected chi connectivity index (χ2v) is 4.90. The van der Waals surface area contributed by atoms with Crippen molar-refractivity contribution in [1.29, 1.82) is 0 Å². The second kappa shape index (κ2) is 6.64. The van der Waals surface area contributed by atoms with Crippen LogP contribution in [0, 0.1) is 0 Å². The molecule has 0 fully saturated rings. The van der Waals surface area contributed by atoms with Crippen molar-refractivity contribution in [3.05, 3.63) is 53.1 Å². The monoisotopic (exact) mass is 291 g/mol. The van der Waals surface area contributed by atoms with Crippen molar-refractivity contribution in [3.63, 3.8) is 0 Å². The Bertz CT molecular complexity index is 584. The van der Waals surface area contributed by atoms with Gasteiger partial charge >= 0.3 is 0 Å². The molecule has 106 valence electrons. The van der Waals surface area contributed by atoms with Crippen LogP contribution in [0.3, 0.4) is 0 Å². The first-order valence-electron chi connectivity index (χ1n) is 6.56. The predicted octanol–water partition coefficient (Wildman–Crippen LogP) is 4.55. The average Bonchev–Trinajstić information content (AvgIpc) is 2.42. The van der Waals surface area contributed by atoms with Crippen LogP contribution in [0.5, 0.6) is 17.2 Å². The Morgan fingerprint density at radius 1 is 1.15 bits per heavy atom. The summed E-state index contributed by atoms with van der Waals surface area (Å²) in [5.41, 5.74) is 6.80. The van der Waals surface area contributed by atoms with Crippen LogP contribution in [-0.2, 0) is 0 Å². The summed E-state index contributed by atoms with van der Waals surface area (Å²) in [6.45, 7) is 4.47. The van der Waals surface area contributed by atoms with Crippen molar-refractivity contribution in [3.8, 4) is 17.2 Å². The van der Waals surface area contributed by atoms with E-state index < -0.39 is 0 Å². The minimum atomic E-state index is -0.0529. The summed E-state index contributed by atoms with van der Waals surface area (Å²) >= 11 is 6.21. The van der Waals surface area contributed by atoms with Gasteiger partial charge in [-0.25, -0.2) is 0 Å². The lowest BCUT2D eigenvalue weighted by molar-refractivity contribution is 0.338. The van der Waals surface area contributed by atoms with E-state index in [9.17, 15) is 0 Å². The van der Waals surface area contributed by atoms with Gasteiger partial charge in [-0.05, 0) is 43.7 Å². The average molecular weight is 292 g/mol. The summed E-state index contributed by atoms with van der Waals surface area (Å²) in [6, 6.07) is 13.0. The molecule has 20 heavy (non-hydrogen) atoms. The fraction of sp³-hybridized carbons (Fsp3) is 0.250. The molecule has 0 aliphatic heterocycles. The Morgan fingerprint density at radius 2 is 1.90 bits per heavy atom. The van der Waals surface area contributed by atoms with E-state index in [1.165, 1.54) is 0 Å². The fourth-order valence-electron chi connectivity index (χ4n) is 1.80. The number of hydrogen-bond donors (Lipinski definition) is 1. The normalized spacial score (nSPS) is 12.0. The van der Waals surface area contributed by atoms with Gasteiger partial charge in [0.15, 0.2) is 0 Å². The van der Waals surface area contributed by atoms with Gasteiger partial charge in [0.05, 0.1) is 11.6 Å². The van der Waals surface area contributed by atoms with Crippen molar-refractivity contribution >= 4 is 11.6 Å². The standard InChI is InChI=1S/C16H18ClNO2/c1-3-19-13-5-4-6-14(10-13)20-16-8-7-12(11(2)18)9-15(16)17/h4-11H,3,18H2,1-2H3/t11-/m1/s1. The highest BCUT2D eigenvalue weighted by molar-refractivity contribution is 6.32. The third-order valence-corrected chi connectivity index (χ3v) is 3.12. The zero-order chi connectivity index (χ0) is 14.5. The molecule has 2 aromatic carbocycles. The summed E-state index contributed by atoms with van der Waals surface area (Å²) in [5, 5.41) is 0.543. The highest BCUT2D eigenvalue weighted by Crippen LogP contribution is 2.32. The minimum absolute atomic E-state index is 0.0529. The molecule has 0 unspecified atom stereocenters. The lowest BCUT2D eigenvalue weighted by Crippen LogP contribution is -2.04. The van der Waals surface area contributed by atoms with Crippen LogP contribution >= 0.6 is 11.6 Å². The highest BCUT2D eigenvalue weighted by atomic mass is 35.5. The first-order chi connectivity index (χ1) is 9.60.